The number of imidazole rings is 1. The maximum Gasteiger partial charge on any atom is 0.240 e. The third-order valence-corrected chi connectivity index (χ3v) is 3.77. The first kappa shape index (κ1) is 13.8. The number of rotatable bonds is 6. The zero-order valence-corrected chi connectivity index (χ0v) is 11.9. The van der Waals surface area contributed by atoms with E-state index in [2.05, 4.69) is 10.3 Å². The fourth-order valence-corrected chi connectivity index (χ4v) is 2.59. The Hall–Kier alpha value is -1.66. The number of primary amides is 1. The van der Waals surface area contributed by atoms with Crippen molar-refractivity contribution in [2.75, 3.05) is 0 Å². The first-order valence-corrected chi connectivity index (χ1v) is 7.04. The van der Waals surface area contributed by atoms with Gasteiger partial charge in [0.25, 0.3) is 0 Å². The number of hydrogen-bond acceptors (Lipinski definition) is 4. The van der Waals surface area contributed by atoms with Crippen LogP contribution in [0.4, 0.5) is 0 Å². The number of hydrogen-bond donors (Lipinski definition) is 2. The third-order valence-electron chi connectivity index (χ3n) is 2.89. The van der Waals surface area contributed by atoms with Crippen LogP contribution in [0.25, 0.3) is 0 Å². The Morgan fingerprint density at radius 1 is 1.58 bits per heavy atom. The van der Waals surface area contributed by atoms with Crippen molar-refractivity contribution in [2.24, 2.45) is 5.73 Å². The van der Waals surface area contributed by atoms with E-state index >= 15 is 0 Å². The zero-order valence-electron chi connectivity index (χ0n) is 11.0. The summed E-state index contributed by atoms with van der Waals surface area (Å²) < 4.78 is 1.96. The molecule has 0 fully saturated rings. The summed E-state index contributed by atoms with van der Waals surface area (Å²) in [5.74, 6) is -0.390. The summed E-state index contributed by atoms with van der Waals surface area (Å²) in [4.78, 5) is 16.9. The van der Waals surface area contributed by atoms with Crippen LogP contribution in [0, 0.1) is 0 Å². The highest BCUT2D eigenvalue weighted by Crippen LogP contribution is 2.18. The van der Waals surface area contributed by atoms with Gasteiger partial charge in [0.2, 0.25) is 5.91 Å². The normalized spacial score (nSPS) is 12.8. The van der Waals surface area contributed by atoms with Gasteiger partial charge in [-0.15, -0.1) is 11.3 Å². The van der Waals surface area contributed by atoms with Gasteiger partial charge in [0.05, 0.1) is 18.2 Å². The predicted octanol–water partition coefficient (Wildman–Crippen LogP) is 1.84. The largest absolute Gasteiger partial charge is 0.368 e. The predicted molar refractivity (Wildman–Crippen MR) is 75.7 cm³/mol. The fourth-order valence-electron chi connectivity index (χ4n) is 1.94. The number of nitrogens with two attached hydrogens (primary N) is 1. The molecule has 102 valence electrons. The van der Waals surface area contributed by atoms with E-state index in [0.29, 0.717) is 6.54 Å². The van der Waals surface area contributed by atoms with Crippen LogP contribution < -0.4 is 11.1 Å². The molecule has 0 saturated heterocycles. The minimum Gasteiger partial charge on any atom is -0.368 e. The lowest BCUT2D eigenvalue weighted by Crippen LogP contribution is -2.34. The molecule has 0 aliphatic rings. The average molecular weight is 278 g/mol. The number of aromatic nitrogens is 2. The lowest BCUT2D eigenvalue weighted by Gasteiger charge is -2.19. The number of thiophene rings is 1. The van der Waals surface area contributed by atoms with E-state index in [1.807, 2.05) is 35.9 Å². The van der Waals surface area contributed by atoms with Crippen molar-refractivity contribution in [2.45, 2.75) is 32.5 Å². The van der Waals surface area contributed by atoms with Gasteiger partial charge in [-0.1, -0.05) is 6.07 Å². The van der Waals surface area contributed by atoms with Crippen LogP contribution in [0.3, 0.4) is 0 Å². The lowest BCUT2D eigenvalue weighted by atomic mass is 10.2. The second-order valence-corrected chi connectivity index (χ2v) is 5.65. The molecular formula is C13H18N4OS. The van der Waals surface area contributed by atoms with Crippen LogP contribution in [-0.2, 0) is 11.3 Å². The second kappa shape index (κ2) is 5.99. The Balaban J connectivity index is 2.15. The van der Waals surface area contributed by atoms with Crippen molar-refractivity contribution in [1.82, 2.24) is 14.9 Å². The van der Waals surface area contributed by atoms with E-state index in [1.165, 1.54) is 4.88 Å². The summed E-state index contributed by atoms with van der Waals surface area (Å²) in [6.45, 7) is 4.71. The van der Waals surface area contributed by atoms with Crippen molar-refractivity contribution in [3.63, 3.8) is 0 Å². The summed E-state index contributed by atoms with van der Waals surface area (Å²) in [7, 11) is 0. The molecule has 1 amide bonds. The molecule has 19 heavy (non-hydrogen) atoms. The van der Waals surface area contributed by atoms with Gasteiger partial charge in [-0.3, -0.25) is 10.1 Å². The van der Waals surface area contributed by atoms with Gasteiger partial charge < -0.3 is 10.3 Å². The quantitative estimate of drug-likeness (QED) is 0.847. The van der Waals surface area contributed by atoms with Crippen LogP contribution >= 0.6 is 11.3 Å². The van der Waals surface area contributed by atoms with E-state index in [9.17, 15) is 4.79 Å². The second-order valence-electron chi connectivity index (χ2n) is 4.62. The van der Waals surface area contributed by atoms with Gasteiger partial charge in [-0.25, -0.2) is 4.98 Å². The van der Waals surface area contributed by atoms with Crippen LogP contribution in [0.1, 0.15) is 36.5 Å². The molecule has 2 aromatic rings. The van der Waals surface area contributed by atoms with Crippen LogP contribution in [-0.4, -0.2) is 15.5 Å². The van der Waals surface area contributed by atoms with Gasteiger partial charge >= 0.3 is 0 Å². The highest BCUT2D eigenvalue weighted by atomic mass is 32.1. The summed E-state index contributed by atoms with van der Waals surface area (Å²) in [5.41, 5.74) is 6.30. The smallest absolute Gasteiger partial charge is 0.240 e. The Morgan fingerprint density at radius 3 is 2.95 bits per heavy atom. The SMILES string of the molecule is CC(C)n1cncc1C(NCc1cccs1)C(N)=O. The molecule has 5 nitrogen and oxygen atoms in total. The van der Waals surface area contributed by atoms with E-state index in [0.717, 1.165) is 5.69 Å². The Kier molecular flexibility index (Phi) is 4.34. The van der Waals surface area contributed by atoms with Crippen LogP contribution in [0.15, 0.2) is 30.0 Å². The maximum absolute atomic E-state index is 11.7. The number of carbonyl (C=O) groups excluding carboxylic acids is 1. The Morgan fingerprint density at radius 2 is 2.37 bits per heavy atom. The molecule has 1 unspecified atom stereocenters. The molecule has 0 radical (unpaired) electrons. The molecule has 0 aliphatic heterocycles. The third kappa shape index (κ3) is 3.21. The molecule has 0 aliphatic carbocycles. The highest BCUT2D eigenvalue weighted by Gasteiger charge is 2.22. The molecular weight excluding hydrogens is 260 g/mol. The average Bonchev–Trinajstić information content (AvgIpc) is 2.98. The molecule has 0 aromatic carbocycles. The highest BCUT2D eigenvalue weighted by molar-refractivity contribution is 7.09. The van der Waals surface area contributed by atoms with Crippen molar-refractivity contribution in [3.05, 3.63) is 40.6 Å². The molecule has 6 heteroatoms. The lowest BCUT2D eigenvalue weighted by molar-refractivity contribution is -0.120. The molecule has 0 spiro atoms. The van der Waals surface area contributed by atoms with Crippen molar-refractivity contribution in [3.8, 4) is 0 Å². The standard InChI is InChI=1S/C13H18N4OS/c1-9(2)17-8-15-7-11(17)12(13(14)18)16-6-10-4-3-5-19-10/h3-5,7-9,12,16H,6H2,1-2H3,(H2,14,18). The molecule has 3 N–H and O–H groups in total. The fraction of sp³-hybridized carbons (Fsp3) is 0.385. The van der Waals surface area contributed by atoms with Crippen molar-refractivity contribution >= 4 is 17.2 Å². The Labute approximate surface area is 116 Å². The number of nitrogens with one attached hydrogen (secondary N) is 1. The van der Waals surface area contributed by atoms with Crippen molar-refractivity contribution < 1.29 is 4.79 Å². The summed E-state index contributed by atoms with van der Waals surface area (Å²) in [6.07, 6.45) is 3.42. The van der Waals surface area contributed by atoms with Gasteiger partial charge in [-0.2, -0.15) is 0 Å². The molecule has 2 heterocycles. The van der Waals surface area contributed by atoms with Crippen molar-refractivity contribution in [1.29, 1.82) is 0 Å². The van der Waals surface area contributed by atoms with E-state index in [4.69, 9.17) is 5.73 Å². The Bertz CT molecular complexity index is 533. The monoisotopic (exact) mass is 278 g/mol. The summed E-state index contributed by atoms with van der Waals surface area (Å²) >= 11 is 1.65. The van der Waals surface area contributed by atoms with Gasteiger partial charge in [0, 0.05) is 17.5 Å². The number of nitrogens with zero attached hydrogens (tertiary/aromatic N) is 2. The molecule has 0 bridgehead atoms. The van der Waals surface area contributed by atoms with E-state index in [1.54, 1.807) is 23.9 Å². The topological polar surface area (TPSA) is 72.9 Å². The number of amides is 1. The maximum atomic E-state index is 11.7. The molecule has 2 rings (SSSR count). The summed E-state index contributed by atoms with van der Waals surface area (Å²) in [5, 5.41) is 5.20. The first-order valence-electron chi connectivity index (χ1n) is 6.16. The zero-order chi connectivity index (χ0) is 13.8. The summed E-state index contributed by atoms with van der Waals surface area (Å²) in [6, 6.07) is 3.73. The van der Waals surface area contributed by atoms with Gasteiger partial charge in [-0.05, 0) is 25.3 Å². The number of carbonyl (C=O) groups is 1. The van der Waals surface area contributed by atoms with E-state index < -0.39 is 6.04 Å². The van der Waals surface area contributed by atoms with Crippen LogP contribution in [0.2, 0.25) is 0 Å². The molecule has 2 aromatic heterocycles. The molecule has 0 saturated carbocycles. The van der Waals surface area contributed by atoms with Crippen LogP contribution in [0.5, 0.6) is 0 Å². The minimum absolute atomic E-state index is 0.239. The minimum atomic E-state index is -0.521. The van der Waals surface area contributed by atoms with Gasteiger partial charge in [0.1, 0.15) is 6.04 Å². The molecule has 1 atom stereocenters. The first-order chi connectivity index (χ1) is 9.09. The van der Waals surface area contributed by atoms with Gasteiger partial charge in [0.15, 0.2) is 0 Å². The van der Waals surface area contributed by atoms with E-state index in [-0.39, 0.29) is 11.9 Å².